The van der Waals surface area contributed by atoms with E-state index in [1.807, 2.05) is 44.2 Å². The average Bonchev–Trinajstić information content (AvgIpc) is 3.29. The zero-order valence-electron chi connectivity index (χ0n) is 17.8. The summed E-state index contributed by atoms with van der Waals surface area (Å²) in [4.78, 5) is 29.1. The molecule has 2 aromatic rings. The van der Waals surface area contributed by atoms with Crippen LogP contribution < -0.4 is 5.32 Å². The summed E-state index contributed by atoms with van der Waals surface area (Å²) in [5, 5.41) is 3.03. The van der Waals surface area contributed by atoms with E-state index in [9.17, 15) is 9.59 Å². The van der Waals surface area contributed by atoms with E-state index < -0.39 is 0 Å². The smallest absolute Gasteiger partial charge is 0.255 e. The van der Waals surface area contributed by atoms with Crippen LogP contribution in [0.4, 0.5) is 0 Å². The summed E-state index contributed by atoms with van der Waals surface area (Å²) in [5.41, 5.74) is 2.38. The number of hydrogen-bond donors (Lipinski definition) is 1. The molecule has 2 amide bonds. The second-order valence-corrected chi connectivity index (χ2v) is 7.89. The van der Waals surface area contributed by atoms with Gasteiger partial charge in [0.2, 0.25) is 5.91 Å². The van der Waals surface area contributed by atoms with Gasteiger partial charge in [-0.05, 0) is 39.7 Å². The fourth-order valence-corrected chi connectivity index (χ4v) is 3.94. The van der Waals surface area contributed by atoms with Crippen molar-refractivity contribution >= 4 is 11.8 Å². The SMILES string of the molecule is Cc1oc(-c2ccccc2)c(C(=O)NCCCN2CCCC2C(=O)N(C)C)c1C. The van der Waals surface area contributed by atoms with Crippen molar-refractivity contribution < 1.29 is 14.0 Å². The summed E-state index contributed by atoms with van der Waals surface area (Å²) in [6, 6.07) is 9.69. The summed E-state index contributed by atoms with van der Waals surface area (Å²) in [5.74, 6) is 1.44. The first-order valence-electron chi connectivity index (χ1n) is 10.3. The van der Waals surface area contributed by atoms with E-state index in [4.69, 9.17) is 4.42 Å². The van der Waals surface area contributed by atoms with Crippen molar-refractivity contribution in [3.8, 4) is 11.3 Å². The molecule has 1 aliphatic rings. The van der Waals surface area contributed by atoms with Gasteiger partial charge in [-0.2, -0.15) is 0 Å². The molecule has 1 fully saturated rings. The van der Waals surface area contributed by atoms with E-state index in [1.54, 1.807) is 19.0 Å². The fourth-order valence-electron chi connectivity index (χ4n) is 3.94. The predicted octanol–water partition coefficient (Wildman–Crippen LogP) is 3.24. The lowest BCUT2D eigenvalue weighted by Crippen LogP contribution is -2.43. The van der Waals surface area contributed by atoms with Crippen molar-refractivity contribution in [1.82, 2.24) is 15.1 Å². The van der Waals surface area contributed by atoms with Crippen molar-refractivity contribution in [3.05, 3.63) is 47.2 Å². The van der Waals surface area contributed by atoms with Gasteiger partial charge < -0.3 is 14.6 Å². The Hall–Kier alpha value is -2.60. The number of aryl methyl sites for hydroxylation is 1. The van der Waals surface area contributed by atoms with E-state index in [0.29, 0.717) is 17.9 Å². The number of benzene rings is 1. The Balaban J connectivity index is 1.59. The van der Waals surface area contributed by atoms with Gasteiger partial charge in [-0.15, -0.1) is 0 Å². The fraction of sp³-hybridized carbons (Fsp3) is 0.478. The highest BCUT2D eigenvalue weighted by molar-refractivity contribution is 6.01. The van der Waals surface area contributed by atoms with Gasteiger partial charge in [0.15, 0.2) is 0 Å². The van der Waals surface area contributed by atoms with Crippen LogP contribution in [0.25, 0.3) is 11.3 Å². The van der Waals surface area contributed by atoms with Crippen LogP contribution in [0.5, 0.6) is 0 Å². The lowest BCUT2D eigenvalue weighted by atomic mass is 10.0. The van der Waals surface area contributed by atoms with Gasteiger partial charge >= 0.3 is 0 Å². The molecule has 1 saturated heterocycles. The van der Waals surface area contributed by atoms with Crippen molar-refractivity contribution in [1.29, 1.82) is 0 Å². The van der Waals surface area contributed by atoms with E-state index in [2.05, 4.69) is 10.2 Å². The first-order valence-corrected chi connectivity index (χ1v) is 10.3. The van der Waals surface area contributed by atoms with Gasteiger partial charge in [0.1, 0.15) is 11.5 Å². The van der Waals surface area contributed by atoms with Crippen LogP contribution >= 0.6 is 0 Å². The zero-order valence-corrected chi connectivity index (χ0v) is 17.8. The molecule has 0 spiro atoms. The Morgan fingerprint density at radius 2 is 1.93 bits per heavy atom. The van der Waals surface area contributed by atoms with Crippen molar-refractivity contribution in [2.45, 2.75) is 39.2 Å². The molecule has 3 rings (SSSR count). The average molecular weight is 398 g/mol. The number of hydrogen-bond acceptors (Lipinski definition) is 4. The molecule has 0 saturated carbocycles. The number of nitrogens with one attached hydrogen (secondary N) is 1. The molecular weight excluding hydrogens is 366 g/mol. The summed E-state index contributed by atoms with van der Waals surface area (Å²) in [6.45, 7) is 6.11. The van der Waals surface area contributed by atoms with Crippen LogP contribution in [0.1, 0.15) is 40.9 Å². The Bertz CT molecular complexity index is 858. The van der Waals surface area contributed by atoms with Gasteiger partial charge in [0.05, 0.1) is 11.6 Å². The van der Waals surface area contributed by atoms with Crippen LogP contribution in [0.2, 0.25) is 0 Å². The Labute approximate surface area is 172 Å². The minimum atomic E-state index is -0.111. The van der Waals surface area contributed by atoms with E-state index in [0.717, 1.165) is 49.2 Å². The number of likely N-dealkylation sites (N-methyl/N-ethyl adjacent to an activating group) is 1. The normalized spacial score (nSPS) is 16.8. The van der Waals surface area contributed by atoms with Crippen molar-refractivity contribution in [2.75, 3.05) is 33.7 Å². The first kappa shape index (κ1) is 21.1. The van der Waals surface area contributed by atoms with Gasteiger partial charge in [-0.1, -0.05) is 30.3 Å². The molecule has 1 aromatic heterocycles. The molecule has 1 atom stereocenters. The minimum Gasteiger partial charge on any atom is -0.460 e. The van der Waals surface area contributed by atoms with E-state index in [1.165, 1.54) is 0 Å². The van der Waals surface area contributed by atoms with Gasteiger partial charge in [-0.25, -0.2) is 0 Å². The Morgan fingerprint density at radius 1 is 1.21 bits per heavy atom. The first-order chi connectivity index (χ1) is 13.9. The maximum absolute atomic E-state index is 12.9. The predicted molar refractivity (Wildman–Crippen MR) is 114 cm³/mol. The molecule has 29 heavy (non-hydrogen) atoms. The molecule has 1 unspecified atom stereocenters. The third kappa shape index (κ3) is 4.70. The molecule has 1 aromatic carbocycles. The minimum absolute atomic E-state index is 0.0239. The van der Waals surface area contributed by atoms with E-state index >= 15 is 0 Å². The lowest BCUT2D eigenvalue weighted by Gasteiger charge is -2.26. The highest BCUT2D eigenvalue weighted by Gasteiger charge is 2.31. The second-order valence-electron chi connectivity index (χ2n) is 7.89. The van der Waals surface area contributed by atoms with Gasteiger partial charge in [-0.3, -0.25) is 14.5 Å². The molecule has 1 N–H and O–H groups in total. The van der Waals surface area contributed by atoms with E-state index in [-0.39, 0.29) is 17.9 Å². The quantitative estimate of drug-likeness (QED) is 0.729. The largest absolute Gasteiger partial charge is 0.460 e. The van der Waals surface area contributed by atoms with Crippen LogP contribution in [-0.4, -0.2) is 61.4 Å². The molecule has 1 aliphatic heterocycles. The summed E-state index contributed by atoms with van der Waals surface area (Å²) >= 11 is 0. The van der Waals surface area contributed by atoms with Crippen LogP contribution in [0, 0.1) is 13.8 Å². The highest BCUT2D eigenvalue weighted by atomic mass is 16.3. The lowest BCUT2D eigenvalue weighted by molar-refractivity contribution is -0.133. The zero-order chi connectivity index (χ0) is 21.0. The van der Waals surface area contributed by atoms with Crippen LogP contribution in [-0.2, 0) is 4.79 Å². The summed E-state index contributed by atoms with van der Waals surface area (Å²) in [6.07, 6.45) is 2.77. The molecular formula is C23H31N3O3. The number of carbonyl (C=O) groups is 2. The number of nitrogens with zero attached hydrogens (tertiary/aromatic N) is 2. The molecule has 2 heterocycles. The Morgan fingerprint density at radius 3 is 2.62 bits per heavy atom. The molecule has 6 heteroatoms. The second kappa shape index (κ2) is 9.27. The monoisotopic (exact) mass is 397 g/mol. The molecule has 0 bridgehead atoms. The summed E-state index contributed by atoms with van der Waals surface area (Å²) in [7, 11) is 3.61. The number of likely N-dealkylation sites (tertiary alicyclic amines) is 1. The number of furan rings is 1. The number of carbonyl (C=O) groups excluding carboxylic acids is 2. The molecule has 6 nitrogen and oxygen atoms in total. The van der Waals surface area contributed by atoms with Gasteiger partial charge in [0, 0.05) is 38.3 Å². The van der Waals surface area contributed by atoms with Crippen LogP contribution in [0.15, 0.2) is 34.7 Å². The maximum Gasteiger partial charge on any atom is 0.255 e. The maximum atomic E-state index is 12.9. The molecule has 0 radical (unpaired) electrons. The number of rotatable bonds is 7. The van der Waals surface area contributed by atoms with Crippen molar-refractivity contribution in [3.63, 3.8) is 0 Å². The molecule has 0 aliphatic carbocycles. The highest BCUT2D eigenvalue weighted by Crippen LogP contribution is 2.30. The Kier molecular flexibility index (Phi) is 6.75. The third-order valence-corrected chi connectivity index (χ3v) is 5.65. The van der Waals surface area contributed by atoms with Crippen LogP contribution in [0.3, 0.4) is 0 Å². The van der Waals surface area contributed by atoms with Gasteiger partial charge in [0.25, 0.3) is 5.91 Å². The summed E-state index contributed by atoms with van der Waals surface area (Å²) < 4.78 is 5.89. The molecule has 156 valence electrons. The third-order valence-electron chi connectivity index (χ3n) is 5.65. The van der Waals surface area contributed by atoms with Crippen molar-refractivity contribution in [2.24, 2.45) is 0 Å². The topological polar surface area (TPSA) is 65.8 Å². The standard InChI is InChI=1S/C23H31N3O3/c1-16-17(2)29-21(18-10-6-5-7-11-18)20(16)22(27)24-13-9-15-26-14-8-12-19(26)23(28)25(3)4/h5-7,10-11,19H,8-9,12-15H2,1-4H3,(H,24,27). The number of amides is 2.